The molecule has 1 aliphatic carbocycles. The van der Waals surface area contributed by atoms with Crippen LogP contribution in [0.3, 0.4) is 0 Å². The van der Waals surface area contributed by atoms with Crippen LogP contribution in [0.4, 0.5) is 17.1 Å². The van der Waals surface area contributed by atoms with Gasteiger partial charge in [-0.05, 0) is 125 Å². The van der Waals surface area contributed by atoms with Gasteiger partial charge < -0.3 is 9.73 Å². The normalized spacial score (nSPS) is 13.6. The van der Waals surface area contributed by atoms with Gasteiger partial charge in [0.15, 0.2) is 0 Å². The predicted molar refractivity (Wildman–Crippen MR) is 246 cm³/mol. The lowest BCUT2D eigenvalue weighted by Crippen LogP contribution is -2.45. The Morgan fingerprint density at radius 2 is 1.20 bits per heavy atom. The van der Waals surface area contributed by atoms with Crippen molar-refractivity contribution in [1.82, 2.24) is 4.72 Å². The first-order valence-corrected chi connectivity index (χ1v) is 25.6. The molecule has 0 fully saturated rings. The fourth-order valence-electron chi connectivity index (χ4n) is 9.00. The molecule has 19 heteroatoms. The van der Waals surface area contributed by atoms with Gasteiger partial charge in [0.25, 0.3) is 30.4 Å². The standard InChI is InChI=1S/C45H51N3O12S4/c1-24-18-26(3)42(63(54,55)56)28(5)40(24)46-30-16-17-31-35(20-30)60-36-22-34(47-41-25(2)19-27(4)43(29(41)6)64(57,58)59)38(62(51,52)53)21-33(36)39(31)32-14-12-13-15-37(32)61(49,50)48-45(10,11)23-44(7,8)9/h12-22,46,48H,23H2,1-11H3,(H,51,52,53)(H,54,55,56)(H,57,58,59). The van der Waals surface area contributed by atoms with E-state index in [1.165, 1.54) is 32.0 Å². The molecule has 0 atom stereocenters. The zero-order valence-corrected chi connectivity index (χ0v) is 40.4. The number of anilines is 2. The van der Waals surface area contributed by atoms with E-state index in [9.17, 15) is 47.3 Å². The largest absolute Gasteiger partial charge is 0.456 e. The number of hydrogen-bond donors (Lipinski definition) is 5. The quantitative estimate of drug-likeness (QED) is 0.0601. The lowest BCUT2D eigenvalue weighted by molar-refractivity contribution is 0.269. The van der Waals surface area contributed by atoms with E-state index in [0.29, 0.717) is 39.9 Å². The Morgan fingerprint density at radius 1 is 0.625 bits per heavy atom. The summed E-state index contributed by atoms with van der Waals surface area (Å²) in [4.78, 5) is 2.99. The van der Waals surface area contributed by atoms with Crippen molar-refractivity contribution >= 4 is 68.4 Å². The maximum Gasteiger partial charge on any atom is 0.296 e. The van der Waals surface area contributed by atoms with E-state index in [2.05, 4.69) is 15.0 Å². The molecule has 0 saturated carbocycles. The Bertz CT molecular complexity index is 3420. The van der Waals surface area contributed by atoms with Gasteiger partial charge in [-0.3, -0.25) is 13.7 Å². The van der Waals surface area contributed by atoms with Crippen molar-refractivity contribution in [2.45, 2.75) is 108 Å². The SMILES string of the molecule is Cc1cc(C)c(S(=O)(=O)O)c(C)c1N=c1cc2oc3cc(Nc4c(C)cc(C)c(S(=O)(=O)O)c4C)ccc3c(-c3ccccc3S(=O)(=O)NC(C)(C)CC(C)(C)C)c-2cc1S(=O)(=O)O. The van der Waals surface area contributed by atoms with Crippen LogP contribution in [0.15, 0.2) is 95.7 Å². The highest BCUT2D eigenvalue weighted by atomic mass is 32.2. The number of fused-ring (bicyclic) bond motifs is 2. The van der Waals surface area contributed by atoms with Crippen LogP contribution < -0.4 is 15.4 Å². The van der Waals surface area contributed by atoms with Crippen molar-refractivity contribution in [3.63, 3.8) is 0 Å². The highest BCUT2D eigenvalue weighted by molar-refractivity contribution is 7.89. The van der Waals surface area contributed by atoms with E-state index >= 15 is 0 Å². The molecule has 4 aromatic carbocycles. The minimum atomic E-state index is -5.12. The minimum absolute atomic E-state index is 0.00751. The van der Waals surface area contributed by atoms with Crippen LogP contribution in [0, 0.1) is 47.0 Å². The molecule has 2 aliphatic rings. The molecule has 1 aliphatic heterocycles. The first-order valence-electron chi connectivity index (χ1n) is 19.8. The van der Waals surface area contributed by atoms with Gasteiger partial charge in [-0.25, -0.2) is 18.1 Å². The van der Waals surface area contributed by atoms with Crippen molar-refractivity contribution in [2.24, 2.45) is 10.4 Å². The number of nitrogens with one attached hydrogen (secondary N) is 2. The van der Waals surface area contributed by atoms with Crippen LogP contribution in [-0.2, 0) is 40.4 Å². The predicted octanol–water partition coefficient (Wildman–Crippen LogP) is 9.26. The van der Waals surface area contributed by atoms with Crippen LogP contribution in [0.5, 0.6) is 0 Å². The maximum absolute atomic E-state index is 14.5. The summed E-state index contributed by atoms with van der Waals surface area (Å²) in [5.74, 6) is -0.0344. The fraction of sp³-hybridized carbons (Fsp3) is 0.311. The molecule has 5 N–H and O–H groups in total. The van der Waals surface area contributed by atoms with Gasteiger partial charge in [-0.1, -0.05) is 51.1 Å². The highest BCUT2D eigenvalue weighted by Crippen LogP contribution is 2.45. The van der Waals surface area contributed by atoms with Crippen LogP contribution in [0.2, 0.25) is 0 Å². The molecule has 0 radical (unpaired) electrons. The Hall–Kier alpha value is -4.99. The minimum Gasteiger partial charge on any atom is -0.456 e. The summed E-state index contributed by atoms with van der Waals surface area (Å²) in [6.07, 6.45) is 0.467. The molecular weight excluding hydrogens is 903 g/mol. The van der Waals surface area contributed by atoms with E-state index in [1.807, 2.05) is 20.8 Å². The zero-order chi connectivity index (χ0) is 47.9. The number of rotatable bonds is 11. The summed E-state index contributed by atoms with van der Waals surface area (Å²) in [6.45, 7) is 18.9. The first kappa shape index (κ1) is 48.5. The summed E-state index contributed by atoms with van der Waals surface area (Å²) in [5, 5.41) is 3.16. The average Bonchev–Trinajstić information content (AvgIpc) is 3.10. The number of sulfonamides is 1. The van der Waals surface area contributed by atoms with Gasteiger partial charge in [0, 0.05) is 51.1 Å². The Kier molecular flexibility index (Phi) is 12.5. The maximum atomic E-state index is 14.5. The van der Waals surface area contributed by atoms with E-state index in [0.717, 1.165) is 6.07 Å². The molecule has 15 nitrogen and oxygen atoms in total. The van der Waals surface area contributed by atoms with Crippen LogP contribution in [0.25, 0.3) is 33.4 Å². The van der Waals surface area contributed by atoms with E-state index in [1.54, 1.807) is 84.0 Å². The van der Waals surface area contributed by atoms with Crippen LogP contribution >= 0.6 is 0 Å². The Labute approximate surface area is 374 Å². The molecule has 4 aromatic rings. The molecule has 0 amide bonds. The van der Waals surface area contributed by atoms with Crippen molar-refractivity contribution in [2.75, 3.05) is 5.32 Å². The Balaban J connectivity index is 1.74. The molecule has 342 valence electrons. The lowest BCUT2D eigenvalue weighted by Gasteiger charge is -2.33. The van der Waals surface area contributed by atoms with E-state index in [4.69, 9.17) is 4.42 Å². The second-order valence-electron chi connectivity index (χ2n) is 18.0. The van der Waals surface area contributed by atoms with Gasteiger partial charge in [0.2, 0.25) is 10.0 Å². The number of aryl methyl sites for hydroxylation is 4. The third-order valence-corrected chi connectivity index (χ3v) is 15.6. The first-order chi connectivity index (χ1) is 29.2. The third-order valence-electron chi connectivity index (χ3n) is 10.7. The van der Waals surface area contributed by atoms with Crippen molar-refractivity contribution in [3.05, 3.63) is 105 Å². The summed E-state index contributed by atoms with van der Waals surface area (Å²) in [7, 11) is -18.8. The van der Waals surface area contributed by atoms with Crippen molar-refractivity contribution < 1.29 is 51.7 Å². The van der Waals surface area contributed by atoms with Gasteiger partial charge >= 0.3 is 0 Å². The Morgan fingerprint density at radius 3 is 1.78 bits per heavy atom. The van der Waals surface area contributed by atoms with Gasteiger partial charge in [0.05, 0.1) is 15.9 Å². The van der Waals surface area contributed by atoms with Gasteiger partial charge in [-0.2, -0.15) is 25.3 Å². The monoisotopic (exact) mass is 953 g/mol. The topological polar surface area (TPSA) is 247 Å². The molecular formula is C45H51N3O12S4. The second-order valence-corrected chi connectivity index (χ2v) is 23.8. The number of hydrogen-bond acceptors (Lipinski definition) is 11. The van der Waals surface area contributed by atoms with E-state index < -0.39 is 55.7 Å². The summed E-state index contributed by atoms with van der Waals surface area (Å²) in [5.41, 5.74) is 1.99. The number of nitrogens with zero attached hydrogens (tertiary/aromatic N) is 1. The average molecular weight is 954 g/mol. The van der Waals surface area contributed by atoms with Crippen LogP contribution in [0.1, 0.15) is 74.4 Å². The highest BCUT2D eigenvalue weighted by Gasteiger charge is 2.34. The lowest BCUT2D eigenvalue weighted by atomic mass is 9.82. The summed E-state index contributed by atoms with van der Waals surface area (Å²) >= 11 is 0. The molecule has 64 heavy (non-hydrogen) atoms. The molecule has 0 aromatic heterocycles. The van der Waals surface area contributed by atoms with Crippen molar-refractivity contribution in [1.29, 1.82) is 0 Å². The van der Waals surface area contributed by atoms with Gasteiger partial charge in [-0.15, -0.1) is 0 Å². The third kappa shape index (κ3) is 9.81. The fourth-order valence-corrected chi connectivity index (χ4v) is 13.2. The summed E-state index contributed by atoms with van der Waals surface area (Å²) in [6, 6.07) is 16.4. The second kappa shape index (κ2) is 16.5. The smallest absolute Gasteiger partial charge is 0.296 e. The molecule has 0 spiro atoms. The van der Waals surface area contributed by atoms with Crippen molar-refractivity contribution in [3.8, 4) is 22.5 Å². The molecule has 6 rings (SSSR count). The zero-order valence-electron chi connectivity index (χ0n) is 37.2. The van der Waals surface area contributed by atoms with Crippen LogP contribution in [-0.4, -0.2) is 52.9 Å². The number of benzene rings is 5. The molecule has 0 saturated heterocycles. The van der Waals surface area contributed by atoms with Gasteiger partial charge in [0.1, 0.15) is 26.0 Å². The molecule has 0 unspecified atom stereocenters. The molecule has 1 heterocycles. The summed E-state index contributed by atoms with van der Waals surface area (Å²) < 4.78 is 146. The molecule has 0 bridgehead atoms. The van der Waals surface area contributed by atoms with E-state index in [-0.39, 0.29) is 71.0 Å².